The van der Waals surface area contributed by atoms with Crippen LogP contribution in [-0.2, 0) is 14.3 Å². The molecule has 2 unspecified atom stereocenters. The van der Waals surface area contributed by atoms with E-state index in [1.807, 2.05) is 6.92 Å². The van der Waals surface area contributed by atoms with Crippen molar-refractivity contribution in [2.45, 2.75) is 13.0 Å². The first-order chi connectivity index (χ1) is 7.17. The SMILES string of the molecule is COC(=O)C(C)CN1CCOC(C#N)C1. The first-order valence-corrected chi connectivity index (χ1v) is 4.98. The lowest BCUT2D eigenvalue weighted by molar-refractivity contribution is -0.146. The fourth-order valence-corrected chi connectivity index (χ4v) is 1.61. The molecule has 0 aromatic carbocycles. The van der Waals surface area contributed by atoms with Crippen LogP contribution in [-0.4, -0.2) is 50.3 Å². The van der Waals surface area contributed by atoms with Crippen molar-refractivity contribution in [3.8, 4) is 6.07 Å². The number of morpholine rings is 1. The van der Waals surface area contributed by atoms with Crippen molar-refractivity contribution < 1.29 is 14.3 Å². The average Bonchev–Trinajstić information content (AvgIpc) is 2.28. The fourth-order valence-electron chi connectivity index (χ4n) is 1.61. The van der Waals surface area contributed by atoms with Crippen LogP contribution >= 0.6 is 0 Å². The molecule has 84 valence electrons. The van der Waals surface area contributed by atoms with Gasteiger partial charge in [0, 0.05) is 19.6 Å². The zero-order chi connectivity index (χ0) is 11.3. The van der Waals surface area contributed by atoms with Crippen LogP contribution in [0.25, 0.3) is 0 Å². The number of nitrogens with zero attached hydrogens (tertiary/aromatic N) is 2. The maximum Gasteiger partial charge on any atom is 0.309 e. The summed E-state index contributed by atoms with van der Waals surface area (Å²) in [6.45, 7) is 4.32. The van der Waals surface area contributed by atoms with Crippen LogP contribution in [0.1, 0.15) is 6.92 Å². The third-order valence-corrected chi connectivity index (χ3v) is 2.43. The molecule has 1 saturated heterocycles. The van der Waals surface area contributed by atoms with Crippen molar-refractivity contribution >= 4 is 5.97 Å². The van der Waals surface area contributed by atoms with Gasteiger partial charge in [-0.25, -0.2) is 0 Å². The third-order valence-electron chi connectivity index (χ3n) is 2.43. The maximum absolute atomic E-state index is 11.2. The number of rotatable bonds is 3. The van der Waals surface area contributed by atoms with Gasteiger partial charge in [0.15, 0.2) is 6.10 Å². The Morgan fingerprint density at radius 2 is 2.53 bits per heavy atom. The molecule has 0 aromatic heterocycles. The number of ether oxygens (including phenoxy) is 2. The number of carbonyl (C=O) groups excluding carboxylic acids is 1. The lowest BCUT2D eigenvalue weighted by Gasteiger charge is -2.30. The van der Waals surface area contributed by atoms with Crippen molar-refractivity contribution in [3.05, 3.63) is 0 Å². The minimum absolute atomic E-state index is 0.160. The summed E-state index contributed by atoms with van der Waals surface area (Å²) in [6.07, 6.45) is -0.372. The standard InChI is InChI=1S/C10H16N2O3/c1-8(10(13)14-2)6-12-3-4-15-9(5-11)7-12/h8-9H,3-4,6-7H2,1-2H3. The van der Waals surface area contributed by atoms with E-state index >= 15 is 0 Å². The molecule has 1 heterocycles. The highest BCUT2D eigenvalue weighted by Crippen LogP contribution is 2.08. The summed E-state index contributed by atoms with van der Waals surface area (Å²) < 4.78 is 9.85. The van der Waals surface area contributed by atoms with Crippen LogP contribution < -0.4 is 0 Å². The van der Waals surface area contributed by atoms with E-state index in [2.05, 4.69) is 15.7 Å². The summed E-state index contributed by atoms with van der Waals surface area (Å²) >= 11 is 0. The minimum atomic E-state index is -0.372. The number of hydrogen-bond acceptors (Lipinski definition) is 5. The molecule has 5 heteroatoms. The first-order valence-electron chi connectivity index (χ1n) is 4.98. The molecule has 1 rings (SSSR count). The second kappa shape index (κ2) is 5.69. The Balaban J connectivity index is 2.38. The van der Waals surface area contributed by atoms with Gasteiger partial charge in [0.1, 0.15) is 0 Å². The van der Waals surface area contributed by atoms with E-state index in [-0.39, 0.29) is 18.0 Å². The Kier molecular flexibility index (Phi) is 4.53. The number of carbonyl (C=O) groups is 1. The summed E-state index contributed by atoms with van der Waals surface area (Å²) in [5.41, 5.74) is 0. The predicted molar refractivity (Wildman–Crippen MR) is 53.0 cm³/mol. The highest BCUT2D eigenvalue weighted by Gasteiger charge is 2.23. The van der Waals surface area contributed by atoms with Crippen LogP contribution in [0.4, 0.5) is 0 Å². The molecule has 0 aliphatic carbocycles. The summed E-state index contributed by atoms with van der Waals surface area (Å²) in [4.78, 5) is 13.2. The van der Waals surface area contributed by atoms with Gasteiger partial charge >= 0.3 is 5.97 Å². The second-order valence-corrected chi connectivity index (χ2v) is 3.67. The highest BCUT2D eigenvalue weighted by molar-refractivity contribution is 5.72. The Labute approximate surface area is 89.6 Å². The normalized spacial score (nSPS) is 24.2. The van der Waals surface area contributed by atoms with Gasteiger partial charge in [-0.1, -0.05) is 6.92 Å². The van der Waals surface area contributed by atoms with Gasteiger partial charge in [-0.2, -0.15) is 5.26 Å². The molecule has 0 N–H and O–H groups in total. The molecule has 0 aromatic rings. The zero-order valence-electron chi connectivity index (χ0n) is 9.10. The smallest absolute Gasteiger partial charge is 0.309 e. The summed E-state index contributed by atoms with van der Waals surface area (Å²) in [5, 5.41) is 8.70. The topological polar surface area (TPSA) is 62.6 Å². The second-order valence-electron chi connectivity index (χ2n) is 3.67. The molecular weight excluding hydrogens is 196 g/mol. The molecule has 0 saturated carbocycles. The lowest BCUT2D eigenvalue weighted by atomic mass is 10.1. The van der Waals surface area contributed by atoms with E-state index in [0.717, 1.165) is 6.54 Å². The molecule has 0 amide bonds. The molecule has 1 fully saturated rings. The van der Waals surface area contributed by atoms with E-state index in [1.165, 1.54) is 7.11 Å². The van der Waals surface area contributed by atoms with Crippen LogP contribution in [0.2, 0.25) is 0 Å². The van der Waals surface area contributed by atoms with Crippen molar-refractivity contribution in [3.63, 3.8) is 0 Å². The number of esters is 1. The number of methoxy groups -OCH3 is 1. The van der Waals surface area contributed by atoms with Gasteiger partial charge in [-0.05, 0) is 0 Å². The quantitative estimate of drug-likeness (QED) is 0.617. The van der Waals surface area contributed by atoms with E-state index in [4.69, 9.17) is 10.00 Å². The van der Waals surface area contributed by atoms with Gasteiger partial charge in [0.2, 0.25) is 0 Å². The molecule has 15 heavy (non-hydrogen) atoms. The largest absolute Gasteiger partial charge is 0.469 e. The fraction of sp³-hybridized carbons (Fsp3) is 0.800. The molecule has 0 bridgehead atoms. The van der Waals surface area contributed by atoms with Crippen LogP contribution in [0.15, 0.2) is 0 Å². The van der Waals surface area contributed by atoms with Crippen molar-refractivity contribution in [1.82, 2.24) is 4.90 Å². The summed E-state index contributed by atoms with van der Waals surface area (Å²) in [7, 11) is 1.39. The number of nitriles is 1. The lowest BCUT2D eigenvalue weighted by Crippen LogP contribution is -2.44. The summed E-state index contributed by atoms with van der Waals surface area (Å²) in [6, 6.07) is 2.07. The Bertz CT molecular complexity index is 262. The van der Waals surface area contributed by atoms with Crippen LogP contribution in [0.5, 0.6) is 0 Å². The number of hydrogen-bond donors (Lipinski definition) is 0. The van der Waals surface area contributed by atoms with E-state index in [9.17, 15) is 4.79 Å². The van der Waals surface area contributed by atoms with E-state index in [0.29, 0.717) is 19.7 Å². The predicted octanol–water partition coefficient (Wildman–Crippen LogP) is 0.0199. The Morgan fingerprint density at radius 3 is 3.13 bits per heavy atom. The van der Waals surface area contributed by atoms with Gasteiger partial charge in [-0.15, -0.1) is 0 Å². The summed E-state index contributed by atoms with van der Waals surface area (Å²) in [5.74, 6) is -0.373. The van der Waals surface area contributed by atoms with Crippen molar-refractivity contribution in [2.24, 2.45) is 5.92 Å². The van der Waals surface area contributed by atoms with E-state index in [1.54, 1.807) is 0 Å². The van der Waals surface area contributed by atoms with Crippen molar-refractivity contribution in [1.29, 1.82) is 5.26 Å². The molecule has 0 radical (unpaired) electrons. The highest BCUT2D eigenvalue weighted by atomic mass is 16.5. The maximum atomic E-state index is 11.2. The minimum Gasteiger partial charge on any atom is -0.469 e. The van der Waals surface area contributed by atoms with Gasteiger partial charge in [0.05, 0.1) is 25.7 Å². The molecule has 0 spiro atoms. The molecule has 5 nitrogen and oxygen atoms in total. The van der Waals surface area contributed by atoms with Gasteiger partial charge in [-0.3, -0.25) is 9.69 Å². The first kappa shape index (κ1) is 12.0. The molecule has 2 atom stereocenters. The zero-order valence-corrected chi connectivity index (χ0v) is 9.10. The Morgan fingerprint density at radius 1 is 1.80 bits per heavy atom. The van der Waals surface area contributed by atoms with Crippen molar-refractivity contribution in [2.75, 3.05) is 33.4 Å². The van der Waals surface area contributed by atoms with Gasteiger partial charge in [0.25, 0.3) is 0 Å². The van der Waals surface area contributed by atoms with Crippen LogP contribution in [0, 0.1) is 17.2 Å². The molecule has 1 aliphatic rings. The van der Waals surface area contributed by atoms with E-state index < -0.39 is 0 Å². The van der Waals surface area contributed by atoms with Gasteiger partial charge < -0.3 is 9.47 Å². The Hall–Kier alpha value is -1.12. The third kappa shape index (κ3) is 3.50. The molecular formula is C10H16N2O3. The molecule has 1 aliphatic heterocycles. The monoisotopic (exact) mass is 212 g/mol. The van der Waals surface area contributed by atoms with Crippen LogP contribution in [0.3, 0.4) is 0 Å². The average molecular weight is 212 g/mol.